The number of fused-ring (bicyclic) bond motifs is 1. The van der Waals surface area contributed by atoms with Gasteiger partial charge in [-0.05, 0) is 23.7 Å². The average Bonchev–Trinajstić information content (AvgIpc) is 2.66. The number of benzene rings is 1. The minimum Gasteiger partial charge on any atom is -0.382 e. The van der Waals surface area contributed by atoms with Gasteiger partial charge in [-0.3, -0.25) is 5.10 Å². The molecule has 6 nitrogen and oxygen atoms in total. The predicted octanol–water partition coefficient (Wildman–Crippen LogP) is 1.81. The van der Waals surface area contributed by atoms with Crippen LogP contribution in [0.15, 0.2) is 23.3 Å². The highest BCUT2D eigenvalue weighted by atomic mass is 15.1. The normalized spacial score (nSPS) is 9.25. The second kappa shape index (κ2) is 4.26. The highest BCUT2D eigenvalue weighted by Crippen LogP contribution is 2.18. The number of azide groups is 1. The lowest BCUT2D eigenvalue weighted by molar-refractivity contribution is 1.13. The third-order valence-electron chi connectivity index (χ3n) is 2.04. The molecule has 3 N–H and O–H groups in total. The van der Waals surface area contributed by atoms with E-state index in [4.69, 9.17) is 11.3 Å². The summed E-state index contributed by atoms with van der Waals surface area (Å²) in [5, 5.41) is 10.9. The Morgan fingerprint density at radius 3 is 3.25 bits per heavy atom. The van der Waals surface area contributed by atoms with Crippen LogP contribution in [0.1, 0.15) is 5.56 Å². The zero-order valence-electron chi connectivity index (χ0n) is 8.31. The van der Waals surface area contributed by atoms with Crippen molar-refractivity contribution in [1.82, 2.24) is 10.2 Å². The Bertz CT molecular complexity index is 624. The number of rotatable bonds is 1. The van der Waals surface area contributed by atoms with Crippen molar-refractivity contribution in [3.63, 3.8) is 0 Å². The van der Waals surface area contributed by atoms with Gasteiger partial charge in [-0.25, -0.2) is 0 Å². The molecule has 0 aliphatic carbocycles. The van der Waals surface area contributed by atoms with Gasteiger partial charge < -0.3 is 5.73 Å². The molecule has 0 amide bonds. The van der Waals surface area contributed by atoms with Gasteiger partial charge in [0.15, 0.2) is 5.82 Å². The number of H-pyrrole nitrogens is 1. The fourth-order valence-electron chi connectivity index (χ4n) is 1.33. The number of hydrogen-bond acceptors (Lipinski definition) is 3. The number of nitrogens with two attached hydrogens (primary N) is 1. The number of anilines is 1. The Morgan fingerprint density at radius 1 is 1.56 bits per heavy atom. The van der Waals surface area contributed by atoms with Crippen molar-refractivity contribution in [1.29, 1.82) is 0 Å². The molecule has 16 heavy (non-hydrogen) atoms. The van der Waals surface area contributed by atoms with E-state index in [1.165, 1.54) is 0 Å². The molecule has 1 heterocycles. The molecule has 0 aliphatic heterocycles. The van der Waals surface area contributed by atoms with E-state index < -0.39 is 0 Å². The van der Waals surface area contributed by atoms with Crippen LogP contribution in [-0.4, -0.2) is 16.7 Å². The van der Waals surface area contributed by atoms with Crippen molar-refractivity contribution in [3.8, 4) is 11.8 Å². The standard InChI is InChI=1S/C10H8N6/c11-10-8-4-3-7(2-1-5-13-16-12)6-9(8)14-15-10/h3-4,6H,5H2,(H3,11,14,15). The van der Waals surface area contributed by atoms with Crippen molar-refractivity contribution < 1.29 is 0 Å². The number of aromatic nitrogens is 2. The largest absolute Gasteiger partial charge is 0.382 e. The van der Waals surface area contributed by atoms with Crippen LogP contribution >= 0.6 is 0 Å². The molecule has 0 unspecified atom stereocenters. The van der Waals surface area contributed by atoms with Gasteiger partial charge in [-0.2, -0.15) is 5.10 Å². The van der Waals surface area contributed by atoms with Crippen LogP contribution in [-0.2, 0) is 0 Å². The summed E-state index contributed by atoms with van der Waals surface area (Å²) in [5.74, 6) is 6.09. The van der Waals surface area contributed by atoms with E-state index in [0.717, 1.165) is 16.5 Å². The van der Waals surface area contributed by atoms with Crippen molar-refractivity contribution in [3.05, 3.63) is 34.2 Å². The summed E-state index contributed by atoms with van der Waals surface area (Å²) in [6.45, 7) is 0.166. The molecule has 0 bridgehead atoms. The van der Waals surface area contributed by atoms with Crippen LogP contribution in [0.25, 0.3) is 21.3 Å². The van der Waals surface area contributed by atoms with Crippen LogP contribution in [0, 0.1) is 11.8 Å². The van der Waals surface area contributed by atoms with Gasteiger partial charge >= 0.3 is 0 Å². The number of hydrogen-bond donors (Lipinski definition) is 2. The lowest BCUT2D eigenvalue weighted by Gasteiger charge is -1.91. The lowest BCUT2D eigenvalue weighted by Crippen LogP contribution is -1.83. The summed E-state index contributed by atoms with van der Waals surface area (Å²) in [6.07, 6.45) is 0. The maximum atomic E-state index is 8.07. The van der Waals surface area contributed by atoms with Crippen LogP contribution in [0.5, 0.6) is 0 Å². The highest BCUT2D eigenvalue weighted by molar-refractivity contribution is 5.89. The Kier molecular flexibility index (Phi) is 2.63. The zero-order chi connectivity index (χ0) is 11.4. The molecule has 0 aliphatic rings. The third-order valence-corrected chi connectivity index (χ3v) is 2.04. The molecule has 0 fully saturated rings. The fraction of sp³-hybridized carbons (Fsp3) is 0.100. The van der Waals surface area contributed by atoms with Crippen molar-refractivity contribution >= 4 is 16.7 Å². The van der Waals surface area contributed by atoms with E-state index >= 15 is 0 Å². The number of nitrogens with zero attached hydrogens (tertiary/aromatic N) is 4. The van der Waals surface area contributed by atoms with Gasteiger partial charge in [0.05, 0.1) is 12.1 Å². The molecule has 0 atom stereocenters. The first-order chi connectivity index (χ1) is 7.81. The van der Waals surface area contributed by atoms with Crippen molar-refractivity contribution in [2.24, 2.45) is 5.11 Å². The van der Waals surface area contributed by atoms with E-state index in [-0.39, 0.29) is 6.54 Å². The lowest BCUT2D eigenvalue weighted by atomic mass is 10.1. The summed E-state index contributed by atoms with van der Waals surface area (Å²) < 4.78 is 0. The molecule has 1 aromatic carbocycles. The molecular formula is C10H8N6. The molecule has 0 radical (unpaired) electrons. The molecule has 2 aromatic rings. The van der Waals surface area contributed by atoms with Gasteiger partial charge in [-0.15, -0.1) is 0 Å². The second-order valence-corrected chi connectivity index (χ2v) is 3.06. The SMILES string of the molecule is [N-]=[N+]=NCC#Cc1ccc2c(N)n[nH]c2c1. The topological polar surface area (TPSA) is 103 Å². The second-order valence-electron chi connectivity index (χ2n) is 3.06. The Labute approximate surface area is 91.1 Å². The minimum atomic E-state index is 0.166. The van der Waals surface area contributed by atoms with Crippen LogP contribution in [0.4, 0.5) is 5.82 Å². The van der Waals surface area contributed by atoms with Crippen LogP contribution < -0.4 is 5.73 Å². The van der Waals surface area contributed by atoms with Crippen molar-refractivity contribution in [2.45, 2.75) is 0 Å². The van der Waals surface area contributed by atoms with E-state index in [0.29, 0.717) is 5.82 Å². The Hall–Kier alpha value is -2.64. The van der Waals surface area contributed by atoms with E-state index in [1.54, 1.807) is 0 Å². The average molecular weight is 212 g/mol. The number of aromatic amines is 1. The van der Waals surface area contributed by atoms with E-state index in [2.05, 4.69) is 32.1 Å². The number of nitrogens with one attached hydrogen (secondary N) is 1. The molecule has 2 rings (SSSR count). The molecular weight excluding hydrogens is 204 g/mol. The molecule has 6 heteroatoms. The smallest absolute Gasteiger partial charge is 0.153 e. The first kappa shape index (κ1) is 9.90. The first-order valence-corrected chi connectivity index (χ1v) is 4.54. The summed E-state index contributed by atoms with van der Waals surface area (Å²) in [6, 6.07) is 5.55. The zero-order valence-corrected chi connectivity index (χ0v) is 8.31. The highest BCUT2D eigenvalue weighted by Gasteiger charge is 2.00. The summed E-state index contributed by atoms with van der Waals surface area (Å²) in [5.41, 5.74) is 15.4. The van der Waals surface area contributed by atoms with Gasteiger partial charge in [0.1, 0.15) is 0 Å². The summed E-state index contributed by atoms with van der Waals surface area (Å²) >= 11 is 0. The summed E-state index contributed by atoms with van der Waals surface area (Å²) in [4.78, 5) is 2.61. The minimum absolute atomic E-state index is 0.166. The fourth-order valence-corrected chi connectivity index (χ4v) is 1.33. The summed E-state index contributed by atoms with van der Waals surface area (Å²) in [7, 11) is 0. The molecule has 0 spiro atoms. The predicted molar refractivity (Wildman–Crippen MR) is 61.4 cm³/mol. The monoisotopic (exact) mass is 212 g/mol. The molecule has 0 saturated heterocycles. The van der Waals surface area contributed by atoms with Crippen molar-refractivity contribution in [2.75, 3.05) is 12.3 Å². The maximum Gasteiger partial charge on any atom is 0.153 e. The van der Waals surface area contributed by atoms with Gasteiger partial charge in [0.25, 0.3) is 0 Å². The van der Waals surface area contributed by atoms with Crippen LogP contribution in [0.2, 0.25) is 0 Å². The quantitative estimate of drug-likeness (QED) is 0.325. The van der Waals surface area contributed by atoms with Gasteiger partial charge in [0.2, 0.25) is 0 Å². The van der Waals surface area contributed by atoms with E-state index in [1.807, 2.05) is 18.2 Å². The Morgan fingerprint density at radius 2 is 2.44 bits per heavy atom. The molecule has 0 saturated carbocycles. The van der Waals surface area contributed by atoms with Crippen LogP contribution in [0.3, 0.4) is 0 Å². The molecule has 1 aromatic heterocycles. The van der Waals surface area contributed by atoms with E-state index in [9.17, 15) is 0 Å². The third kappa shape index (κ3) is 1.90. The molecule has 78 valence electrons. The van der Waals surface area contributed by atoms with Gasteiger partial charge in [0, 0.05) is 15.9 Å². The maximum absolute atomic E-state index is 8.07. The van der Waals surface area contributed by atoms with Gasteiger partial charge in [-0.1, -0.05) is 17.0 Å². The number of nitrogen functional groups attached to an aromatic ring is 1. The first-order valence-electron chi connectivity index (χ1n) is 4.54. The Balaban J connectivity index is 2.31.